The van der Waals surface area contributed by atoms with E-state index in [4.69, 9.17) is 18.0 Å². The molecule has 1 aromatic heterocycles. The second kappa shape index (κ2) is 5.71. The minimum absolute atomic E-state index is 0.0724. The molecule has 0 aliphatic carbocycles. The standard InChI is InChI=1S/C15H19N3OS/c1-15(2,14(16)20)8-5-9-18-12-7-4-3-6-11(12)17-10-13(18)19/h3-4,6-7,10H,5,8-9H2,1-2H3,(H2,16,20). The van der Waals surface area contributed by atoms with E-state index in [0.717, 1.165) is 23.9 Å². The van der Waals surface area contributed by atoms with Crippen LogP contribution in [0.4, 0.5) is 0 Å². The lowest BCUT2D eigenvalue weighted by Crippen LogP contribution is -2.30. The fraction of sp³-hybridized carbons (Fsp3) is 0.400. The van der Waals surface area contributed by atoms with Gasteiger partial charge in [-0.3, -0.25) is 4.79 Å². The summed E-state index contributed by atoms with van der Waals surface area (Å²) in [7, 11) is 0. The fourth-order valence-corrected chi connectivity index (χ4v) is 2.25. The first-order valence-electron chi connectivity index (χ1n) is 6.66. The number of aryl methyl sites for hydroxylation is 1. The Morgan fingerprint density at radius 3 is 2.80 bits per heavy atom. The number of thiocarbonyl (C=S) groups is 1. The van der Waals surface area contributed by atoms with Gasteiger partial charge in [0.15, 0.2) is 0 Å². The molecular formula is C15H19N3OS. The van der Waals surface area contributed by atoms with Crippen LogP contribution in [0.5, 0.6) is 0 Å². The zero-order valence-electron chi connectivity index (χ0n) is 11.8. The number of para-hydroxylation sites is 2. The molecule has 2 rings (SSSR count). The van der Waals surface area contributed by atoms with E-state index in [1.807, 2.05) is 38.1 Å². The predicted octanol–water partition coefficient (Wildman–Crippen LogP) is 2.49. The van der Waals surface area contributed by atoms with Crippen LogP contribution in [0, 0.1) is 5.41 Å². The van der Waals surface area contributed by atoms with Gasteiger partial charge in [-0.2, -0.15) is 0 Å². The topological polar surface area (TPSA) is 60.9 Å². The van der Waals surface area contributed by atoms with Crippen molar-refractivity contribution in [3.8, 4) is 0 Å². The molecule has 0 amide bonds. The molecule has 0 atom stereocenters. The summed E-state index contributed by atoms with van der Waals surface area (Å²) in [6.45, 7) is 4.71. The Kier molecular flexibility index (Phi) is 4.18. The Hall–Kier alpha value is -1.75. The summed E-state index contributed by atoms with van der Waals surface area (Å²) < 4.78 is 1.76. The Morgan fingerprint density at radius 2 is 2.10 bits per heavy atom. The first-order chi connectivity index (χ1) is 9.42. The molecule has 0 bridgehead atoms. The maximum atomic E-state index is 12.0. The van der Waals surface area contributed by atoms with Gasteiger partial charge in [-0.15, -0.1) is 0 Å². The zero-order chi connectivity index (χ0) is 14.8. The maximum absolute atomic E-state index is 12.0. The normalized spacial score (nSPS) is 11.7. The minimum atomic E-state index is -0.179. The third-order valence-electron chi connectivity index (χ3n) is 3.60. The Bertz CT molecular complexity index is 691. The number of nitrogens with zero attached hydrogens (tertiary/aromatic N) is 2. The molecule has 4 nitrogen and oxygen atoms in total. The van der Waals surface area contributed by atoms with Gasteiger partial charge in [0, 0.05) is 12.0 Å². The van der Waals surface area contributed by atoms with Crippen molar-refractivity contribution in [1.82, 2.24) is 9.55 Å². The SMILES string of the molecule is CC(C)(CCCn1c(=O)cnc2ccccc21)C(N)=S. The van der Waals surface area contributed by atoms with Crippen molar-refractivity contribution in [1.29, 1.82) is 0 Å². The molecule has 0 spiro atoms. The van der Waals surface area contributed by atoms with E-state index < -0.39 is 0 Å². The largest absolute Gasteiger partial charge is 0.393 e. The number of nitrogens with two attached hydrogens (primary N) is 1. The third-order valence-corrected chi connectivity index (χ3v) is 4.16. The molecule has 0 unspecified atom stereocenters. The number of benzene rings is 1. The van der Waals surface area contributed by atoms with Crippen molar-refractivity contribution >= 4 is 28.2 Å². The summed E-state index contributed by atoms with van der Waals surface area (Å²) in [5, 5.41) is 0. The van der Waals surface area contributed by atoms with Gasteiger partial charge in [0.05, 0.1) is 22.2 Å². The molecule has 0 aliphatic rings. The molecule has 2 N–H and O–H groups in total. The lowest BCUT2D eigenvalue weighted by atomic mass is 9.88. The molecule has 0 aliphatic heterocycles. The van der Waals surface area contributed by atoms with Crippen LogP contribution in [0.2, 0.25) is 0 Å². The van der Waals surface area contributed by atoms with Gasteiger partial charge < -0.3 is 10.3 Å². The van der Waals surface area contributed by atoms with Gasteiger partial charge >= 0.3 is 0 Å². The van der Waals surface area contributed by atoms with Crippen molar-refractivity contribution in [2.45, 2.75) is 33.2 Å². The first kappa shape index (κ1) is 14.7. The van der Waals surface area contributed by atoms with Crippen molar-refractivity contribution in [3.63, 3.8) is 0 Å². The molecular weight excluding hydrogens is 270 g/mol. The molecule has 106 valence electrons. The summed E-state index contributed by atoms with van der Waals surface area (Å²) >= 11 is 5.06. The molecule has 20 heavy (non-hydrogen) atoms. The second-order valence-electron chi connectivity index (χ2n) is 5.59. The number of aromatic nitrogens is 2. The predicted molar refractivity (Wildman–Crippen MR) is 85.8 cm³/mol. The summed E-state index contributed by atoms with van der Waals surface area (Å²) in [6.07, 6.45) is 3.07. The van der Waals surface area contributed by atoms with Gasteiger partial charge in [-0.1, -0.05) is 38.2 Å². The lowest BCUT2D eigenvalue weighted by molar-refractivity contribution is 0.436. The third kappa shape index (κ3) is 3.04. The van der Waals surface area contributed by atoms with E-state index in [9.17, 15) is 4.79 Å². The van der Waals surface area contributed by atoms with Crippen molar-refractivity contribution in [2.24, 2.45) is 11.1 Å². The highest BCUT2D eigenvalue weighted by Gasteiger charge is 2.20. The summed E-state index contributed by atoms with van der Waals surface area (Å²) in [6, 6.07) is 7.66. The van der Waals surface area contributed by atoms with E-state index in [1.165, 1.54) is 6.20 Å². The van der Waals surface area contributed by atoms with E-state index in [-0.39, 0.29) is 11.0 Å². The molecule has 0 saturated carbocycles. The maximum Gasteiger partial charge on any atom is 0.269 e. The van der Waals surface area contributed by atoms with E-state index >= 15 is 0 Å². The highest BCUT2D eigenvalue weighted by Crippen LogP contribution is 2.23. The number of fused-ring (bicyclic) bond motifs is 1. The molecule has 0 radical (unpaired) electrons. The Labute approximate surface area is 123 Å². The van der Waals surface area contributed by atoms with Gasteiger partial charge in [0.25, 0.3) is 5.56 Å². The van der Waals surface area contributed by atoms with Crippen LogP contribution in [-0.2, 0) is 6.54 Å². The smallest absolute Gasteiger partial charge is 0.269 e. The molecule has 2 aromatic rings. The highest BCUT2D eigenvalue weighted by atomic mass is 32.1. The molecule has 5 heteroatoms. The van der Waals surface area contributed by atoms with Gasteiger partial charge in [-0.05, 0) is 25.0 Å². The van der Waals surface area contributed by atoms with Crippen molar-refractivity contribution in [3.05, 3.63) is 40.8 Å². The molecule has 1 aromatic carbocycles. The van der Waals surface area contributed by atoms with E-state index in [1.54, 1.807) is 4.57 Å². The Morgan fingerprint density at radius 1 is 1.40 bits per heavy atom. The molecule has 0 saturated heterocycles. The average Bonchev–Trinajstić information content (AvgIpc) is 2.41. The zero-order valence-corrected chi connectivity index (χ0v) is 12.6. The summed E-state index contributed by atoms with van der Waals surface area (Å²) in [5.74, 6) is 0. The van der Waals surface area contributed by atoms with Crippen LogP contribution in [-0.4, -0.2) is 14.5 Å². The van der Waals surface area contributed by atoms with Crippen LogP contribution in [0.15, 0.2) is 35.3 Å². The van der Waals surface area contributed by atoms with Crippen LogP contribution < -0.4 is 11.3 Å². The van der Waals surface area contributed by atoms with Crippen LogP contribution in [0.3, 0.4) is 0 Å². The van der Waals surface area contributed by atoms with Crippen molar-refractivity contribution in [2.75, 3.05) is 0 Å². The monoisotopic (exact) mass is 289 g/mol. The number of hydrogen-bond donors (Lipinski definition) is 1. The average molecular weight is 289 g/mol. The second-order valence-corrected chi connectivity index (χ2v) is 6.03. The Balaban J connectivity index is 2.20. The van der Waals surface area contributed by atoms with Crippen LogP contribution in [0.25, 0.3) is 11.0 Å². The van der Waals surface area contributed by atoms with Gasteiger partial charge in [0.2, 0.25) is 0 Å². The first-order valence-corrected chi connectivity index (χ1v) is 7.07. The molecule has 1 heterocycles. The number of rotatable bonds is 5. The lowest BCUT2D eigenvalue weighted by Gasteiger charge is -2.23. The highest BCUT2D eigenvalue weighted by molar-refractivity contribution is 7.80. The van der Waals surface area contributed by atoms with E-state index in [0.29, 0.717) is 11.5 Å². The van der Waals surface area contributed by atoms with E-state index in [2.05, 4.69) is 4.98 Å². The molecule has 0 fully saturated rings. The summed E-state index contributed by atoms with van der Waals surface area (Å²) in [4.78, 5) is 16.6. The van der Waals surface area contributed by atoms with Gasteiger partial charge in [-0.25, -0.2) is 4.98 Å². The van der Waals surface area contributed by atoms with Gasteiger partial charge in [0.1, 0.15) is 0 Å². The number of hydrogen-bond acceptors (Lipinski definition) is 3. The quantitative estimate of drug-likeness (QED) is 0.859. The van der Waals surface area contributed by atoms with Crippen LogP contribution >= 0.6 is 12.2 Å². The summed E-state index contributed by atoms with van der Waals surface area (Å²) in [5.41, 5.74) is 7.17. The van der Waals surface area contributed by atoms with Crippen LogP contribution in [0.1, 0.15) is 26.7 Å². The van der Waals surface area contributed by atoms with Crippen molar-refractivity contribution < 1.29 is 0 Å². The minimum Gasteiger partial charge on any atom is -0.393 e. The fourth-order valence-electron chi connectivity index (χ4n) is 2.15.